The van der Waals surface area contributed by atoms with Gasteiger partial charge in [0.1, 0.15) is 6.61 Å². The van der Waals surface area contributed by atoms with Crippen LogP contribution in [0.25, 0.3) is 0 Å². The highest BCUT2D eigenvalue weighted by molar-refractivity contribution is 5.98. The molecule has 0 saturated heterocycles. The van der Waals surface area contributed by atoms with E-state index in [4.69, 9.17) is 9.47 Å². The minimum absolute atomic E-state index is 0.193. The fourth-order valence-electron chi connectivity index (χ4n) is 1.16. The summed E-state index contributed by atoms with van der Waals surface area (Å²) in [6, 6.07) is 3.40. The summed E-state index contributed by atoms with van der Waals surface area (Å²) < 4.78 is 10.7. The second-order valence-electron chi connectivity index (χ2n) is 3.85. The number of rotatable bonds is 7. The van der Waals surface area contributed by atoms with Crippen LogP contribution in [0.2, 0.25) is 0 Å². The van der Waals surface area contributed by atoms with Crippen molar-refractivity contribution in [3.8, 4) is 5.88 Å². The Hall–Kier alpha value is -1.88. The van der Waals surface area contributed by atoms with Crippen LogP contribution < -0.4 is 10.1 Å². The van der Waals surface area contributed by atoms with Crippen molar-refractivity contribution >= 4 is 11.6 Å². The fourth-order valence-corrected chi connectivity index (χ4v) is 1.16. The third-order valence-corrected chi connectivity index (χ3v) is 1.97. The summed E-state index contributed by atoms with van der Waals surface area (Å²) in [4.78, 5) is 15.1. The van der Waals surface area contributed by atoms with Crippen molar-refractivity contribution in [2.45, 2.75) is 20.0 Å². The Labute approximate surface area is 107 Å². The summed E-state index contributed by atoms with van der Waals surface area (Å²) in [5.41, 5.74) is 0.602. The number of carbonyl (C=O) groups is 1. The van der Waals surface area contributed by atoms with Crippen molar-refractivity contribution < 1.29 is 14.3 Å². The minimum atomic E-state index is -0.268. The van der Waals surface area contributed by atoms with Gasteiger partial charge in [-0.15, -0.1) is 0 Å². The van der Waals surface area contributed by atoms with Crippen LogP contribution >= 0.6 is 0 Å². The summed E-state index contributed by atoms with van der Waals surface area (Å²) in [5.74, 6) is 0.231. The van der Waals surface area contributed by atoms with E-state index in [0.717, 1.165) is 0 Å². The molecule has 1 rings (SSSR count). The lowest BCUT2D eigenvalue weighted by Gasteiger charge is -2.09. The summed E-state index contributed by atoms with van der Waals surface area (Å²) in [7, 11) is 0. The van der Waals surface area contributed by atoms with E-state index in [1.165, 1.54) is 12.3 Å². The zero-order valence-electron chi connectivity index (χ0n) is 10.7. The number of carbonyl (C=O) groups excluding carboxylic acids is 1. The molecule has 18 heavy (non-hydrogen) atoms. The summed E-state index contributed by atoms with van der Waals surface area (Å²) in [6.45, 7) is 8.27. The van der Waals surface area contributed by atoms with Crippen LogP contribution in [0.15, 0.2) is 31.0 Å². The molecular weight excluding hydrogens is 232 g/mol. The molecule has 1 amide bonds. The first kappa shape index (κ1) is 14.2. The first-order valence-electron chi connectivity index (χ1n) is 5.75. The predicted molar refractivity (Wildman–Crippen MR) is 69.6 cm³/mol. The molecule has 0 aromatic carbocycles. The second-order valence-corrected chi connectivity index (χ2v) is 3.85. The molecule has 0 spiro atoms. The molecule has 0 radical (unpaired) electrons. The minimum Gasteiger partial charge on any atom is -0.475 e. The van der Waals surface area contributed by atoms with E-state index in [0.29, 0.717) is 24.8 Å². The van der Waals surface area contributed by atoms with Crippen molar-refractivity contribution in [1.82, 2.24) is 4.98 Å². The van der Waals surface area contributed by atoms with E-state index in [2.05, 4.69) is 16.9 Å². The van der Waals surface area contributed by atoms with Gasteiger partial charge < -0.3 is 14.8 Å². The van der Waals surface area contributed by atoms with Crippen LogP contribution in [0.1, 0.15) is 13.8 Å². The maximum atomic E-state index is 11.0. The molecule has 1 N–H and O–H groups in total. The number of pyridine rings is 1. The van der Waals surface area contributed by atoms with Crippen LogP contribution in [-0.2, 0) is 9.53 Å². The van der Waals surface area contributed by atoms with Crippen molar-refractivity contribution in [2.24, 2.45) is 0 Å². The third kappa shape index (κ3) is 5.45. The van der Waals surface area contributed by atoms with Crippen LogP contribution in [0.5, 0.6) is 5.88 Å². The van der Waals surface area contributed by atoms with Gasteiger partial charge in [0.05, 0.1) is 24.6 Å². The molecule has 0 fully saturated rings. The van der Waals surface area contributed by atoms with Crippen molar-refractivity contribution in [2.75, 3.05) is 18.5 Å². The molecule has 5 nitrogen and oxygen atoms in total. The quantitative estimate of drug-likeness (QED) is 0.594. The van der Waals surface area contributed by atoms with Gasteiger partial charge in [-0.3, -0.25) is 4.79 Å². The number of anilines is 1. The standard InChI is InChI=1S/C13H18N2O3/c1-4-12(16)15-11-5-6-13(14-9-11)18-8-7-17-10(2)3/h4-6,9-10H,1,7-8H2,2-3H3,(H,15,16). The largest absolute Gasteiger partial charge is 0.475 e. The number of nitrogens with one attached hydrogen (secondary N) is 1. The number of hydrogen-bond acceptors (Lipinski definition) is 4. The molecule has 0 aliphatic heterocycles. The van der Waals surface area contributed by atoms with Crippen LogP contribution in [-0.4, -0.2) is 30.2 Å². The number of amides is 1. The molecular formula is C13H18N2O3. The molecule has 1 heterocycles. The Morgan fingerprint density at radius 3 is 2.83 bits per heavy atom. The first-order valence-corrected chi connectivity index (χ1v) is 5.75. The van der Waals surface area contributed by atoms with Crippen molar-refractivity contribution in [3.05, 3.63) is 31.0 Å². The van der Waals surface area contributed by atoms with Crippen LogP contribution in [0, 0.1) is 0 Å². The van der Waals surface area contributed by atoms with E-state index in [1.807, 2.05) is 13.8 Å². The highest BCUT2D eigenvalue weighted by Gasteiger charge is 2.00. The van der Waals surface area contributed by atoms with Gasteiger partial charge in [-0.25, -0.2) is 4.98 Å². The van der Waals surface area contributed by atoms with Gasteiger partial charge in [0.25, 0.3) is 0 Å². The Bertz CT molecular complexity index is 388. The molecule has 0 atom stereocenters. The smallest absolute Gasteiger partial charge is 0.247 e. The maximum absolute atomic E-state index is 11.0. The highest BCUT2D eigenvalue weighted by atomic mass is 16.5. The predicted octanol–water partition coefficient (Wildman–Crippen LogP) is 2.01. The zero-order chi connectivity index (χ0) is 13.4. The van der Waals surface area contributed by atoms with Gasteiger partial charge in [-0.1, -0.05) is 6.58 Å². The lowest BCUT2D eigenvalue weighted by atomic mass is 10.4. The average molecular weight is 250 g/mol. The topological polar surface area (TPSA) is 60.5 Å². The fraction of sp³-hybridized carbons (Fsp3) is 0.385. The molecule has 5 heteroatoms. The number of nitrogens with zero attached hydrogens (tertiary/aromatic N) is 1. The van der Waals surface area contributed by atoms with Gasteiger partial charge in [-0.2, -0.15) is 0 Å². The van der Waals surface area contributed by atoms with Gasteiger partial charge in [-0.05, 0) is 26.0 Å². The van der Waals surface area contributed by atoms with E-state index >= 15 is 0 Å². The first-order chi connectivity index (χ1) is 8.61. The van der Waals surface area contributed by atoms with Crippen LogP contribution in [0.4, 0.5) is 5.69 Å². The Morgan fingerprint density at radius 2 is 2.28 bits per heavy atom. The number of ether oxygens (including phenoxy) is 2. The number of hydrogen-bond donors (Lipinski definition) is 1. The summed E-state index contributed by atoms with van der Waals surface area (Å²) in [5, 5.41) is 2.60. The van der Waals surface area contributed by atoms with E-state index in [1.54, 1.807) is 12.1 Å². The molecule has 1 aromatic heterocycles. The Balaban J connectivity index is 2.36. The molecule has 0 aliphatic carbocycles. The molecule has 98 valence electrons. The van der Waals surface area contributed by atoms with Gasteiger partial charge in [0, 0.05) is 6.07 Å². The number of aromatic nitrogens is 1. The Kier molecular flexibility index (Phi) is 5.87. The van der Waals surface area contributed by atoms with Gasteiger partial charge >= 0.3 is 0 Å². The normalized spacial score (nSPS) is 10.2. The van der Waals surface area contributed by atoms with Gasteiger partial charge in [0.2, 0.25) is 11.8 Å². The molecule has 0 unspecified atom stereocenters. The summed E-state index contributed by atoms with van der Waals surface area (Å²) in [6.07, 6.45) is 2.92. The summed E-state index contributed by atoms with van der Waals surface area (Å²) >= 11 is 0. The molecule has 1 aromatic rings. The van der Waals surface area contributed by atoms with Crippen molar-refractivity contribution in [3.63, 3.8) is 0 Å². The second kappa shape index (κ2) is 7.45. The monoisotopic (exact) mass is 250 g/mol. The SMILES string of the molecule is C=CC(=O)Nc1ccc(OCCOC(C)C)nc1. The van der Waals surface area contributed by atoms with E-state index in [-0.39, 0.29) is 12.0 Å². The lowest BCUT2D eigenvalue weighted by molar-refractivity contribution is -0.111. The zero-order valence-corrected chi connectivity index (χ0v) is 10.7. The Morgan fingerprint density at radius 1 is 1.50 bits per heavy atom. The highest BCUT2D eigenvalue weighted by Crippen LogP contribution is 2.11. The molecule has 0 saturated carbocycles. The maximum Gasteiger partial charge on any atom is 0.247 e. The molecule has 0 bridgehead atoms. The van der Waals surface area contributed by atoms with Crippen LogP contribution in [0.3, 0.4) is 0 Å². The van der Waals surface area contributed by atoms with E-state index < -0.39 is 0 Å². The van der Waals surface area contributed by atoms with Gasteiger partial charge in [0.15, 0.2) is 0 Å². The molecule has 0 aliphatic rings. The van der Waals surface area contributed by atoms with E-state index in [9.17, 15) is 4.79 Å². The van der Waals surface area contributed by atoms with Crippen molar-refractivity contribution in [1.29, 1.82) is 0 Å². The average Bonchev–Trinajstić information content (AvgIpc) is 2.36. The lowest BCUT2D eigenvalue weighted by Crippen LogP contribution is -2.12. The third-order valence-electron chi connectivity index (χ3n) is 1.97.